The maximum atomic E-state index is 13.2. The van der Waals surface area contributed by atoms with Gasteiger partial charge in [0, 0.05) is 12.4 Å². The van der Waals surface area contributed by atoms with E-state index in [9.17, 15) is 4.79 Å². The Morgan fingerprint density at radius 2 is 1.38 bits per heavy atom. The van der Waals surface area contributed by atoms with E-state index in [1.807, 2.05) is 47.9 Å². The maximum absolute atomic E-state index is 13.2. The molecular weight excluding hydrogens is 332 g/mol. The summed E-state index contributed by atoms with van der Waals surface area (Å²) in [6, 6.07) is 6.84. The van der Waals surface area contributed by atoms with E-state index in [2.05, 4.69) is 9.97 Å². The van der Waals surface area contributed by atoms with Crippen LogP contribution in [-0.2, 0) is 4.79 Å². The first-order valence-corrected chi connectivity index (χ1v) is 8.89. The van der Waals surface area contributed by atoms with Crippen LogP contribution in [0.5, 0.6) is 11.5 Å². The Hall–Kier alpha value is -2.83. The molecule has 136 valence electrons. The Balaban J connectivity index is 1.57. The van der Waals surface area contributed by atoms with Crippen molar-refractivity contribution in [2.24, 2.45) is 0 Å². The van der Waals surface area contributed by atoms with Crippen LogP contribution in [0, 0.1) is 0 Å². The van der Waals surface area contributed by atoms with Crippen molar-refractivity contribution in [2.75, 3.05) is 36.1 Å². The summed E-state index contributed by atoms with van der Waals surface area (Å²) < 4.78 is 11.3. The number of hydrogen-bond acceptors (Lipinski definition) is 7. The highest BCUT2D eigenvalue weighted by Crippen LogP contribution is 2.33. The van der Waals surface area contributed by atoms with Gasteiger partial charge in [-0.15, -0.1) is 0 Å². The molecule has 0 aromatic carbocycles. The van der Waals surface area contributed by atoms with E-state index in [0.29, 0.717) is 26.3 Å². The fraction of sp³-hybridized carbons (Fsp3) is 0.421. The van der Waals surface area contributed by atoms with Crippen molar-refractivity contribution in [2.45, 2.75) is 25.9 Å². The smallest absolute Gasteiger partial charge is 0.177 e. The molecule has 7 heteroatoms. The van der Waals surface area contributed by atoms with E-state index in [4.69, 9.17) is 9.47 Å². The maximum Gasteiger partial charge on any atom is 0.177 e. The average molecular weight is 354 g/mol. The van der Waals surface area contributed by atoms with Crippen LogP contribution in [-0.4, -0.2) is 54.1 Å². The molecule has 0 saturated heterocycles. The Kier molecular flexibility index (Phi) is 4.36. The molecule has 2 atom stereocenters. The van der Waals surface area contributed by atoms with E-state index < -0.39 is 0 Å². The number of carbonyl (C=O) groups is 1. The molecular formula is C19H22N4O3. The van der Waals surface area contributed by atoms with Gasteiger partial charge in [0.15, 0.2) is 28.9 Å². The van der Waals surface area contributed by atoms with Crippen LogP contribution in [0.1, 0.15) is 13.8 Å². The molecule has 0 amide bonds. The van der Waals surface area contributed by atoms with Crippen molar-refractivity contribution in [1.29, 1.82) is 0 Å². The van der Waals surface area contributed by atoms with Crippen LogP contribution >= 0.6 is 0 Å². The Morgan fingerprint density at radius 3 is 1.85 bits per heavy atom. The van der Waals surface area contributed by atoms with E-state index in [1.54, 1.807) is 12.4 Å². The molecule has 2 aliphatic rings. The third-order valence-electron chi connectivity index (χ3n) is 4.98. The standard InChI is InChI=1S/C19H22N4O3/c1-13(22-9-11-25-15-5-3-7-20-18(15)22)17(24)14(2)23-10-12-26-16-6-4-8-21-19(16)23/h3-8,13-14H,9-12H2,1-2H3. The van der Waals surface area contributed by atoms with E-state index in [-0.39, 0.29) is 17.9 Å². The molecule has 2 aromatic heterocycles. The van der Waals surface area contributed by atoms with Gasteiger partial charge >= 0.3 is 0 Å². The highest BCUT2D eigenvalue weighted by molar-refractivity contribution is 5.94. The summed E-state index contributed by atoms with van der Waals surface area (Å²) in [7, 11) is 0. The summed E-state index contributed by atoms with van der Waals surface area (Å²) in [6.07, 6.45) is 3.45. The summed E-state index contributed by atoms with van der Waals surface area (Å²) in [5, 5.41) is 0. The van der Waals surface area contributed by atoms with Crippen LogP contribution in [0.15, 0.2) is 36.7 Å². The van der Waals surface area contributed by atoms with Gasteiger partial charge in [0.1, 0.15) is 13.2 Å². The number of anilines is 2. The lowest BCUT2D eigenvalue weighted by Gasteiger charge is -2.38. The minimum atomic E-state index is -0.308. The molecule has 4 heterocycles. The lowest BCUT2D eigenvalue weighted by atomic mass is 10.0. The van der Waals surface area contributed by atoms with Gasteiger partial charge in [-0.05, 0) is 38.1 Å². The summed E-state index contributed by atoms with van der Waals surface area (Å²) in [6.45, 7) is 6.24. The Labute approximate surface area is 152 Å². The number of Topliss-reactive ketones (excluding diaryl/α,β-unsaturated/α-hetero) is 1. The van der Waals surface area contributed by atoms with Crippen molar-refractivity contribution in [3.63, 3.8) is 0 Å². The molecule has 0 bridgehead atoms. The van der Waals surface area contributed by atoms with Crippen molar-refractivity contribution in [3.05, 3.63) is 36.7 Å². The van der Waals surface area contributed by atoms with Crippen LogP contribution < -0.4 is 19.3 Å². The first kappa shape index (κ1) is 16.6. The summed E-state index contributed by atoms with van der Waals surface area (Å²) in [5.74, 6) is 3.04. The van der Waals surface area contributed by atoms with Crippen molar-refractivity contribution in [3.8, 4) is 11.5 Å². The van der Waals surface area contributed by atoms with Gasteiger partial charge in [0.2, 0.25) is 0 Å². The summed E-state index contributed by atoms with van der Waals surface area (Å²) in [4.78, 5) is 26.1. The Bertz CT molecular complexity index is 747. The molecule has 0 spiro atoms. The number of aromatic nitrogens is 2. The van der Waals surface area contributed by atoms with E-state index >= 15 is 0 Å². The van der Waals surface area contributed by atoms with Crippen molar-refractivity contribution < 1.29 is 14.3 Å². The number of fused-ring (bicyclic) bond motifs is 2. The molecule has 2 unspecified atom stereocenters. The summed E-state index contributed by atoms with van der Waals surface area (Å²) in [5.41, 5.74) is 0. The number of pyridine rings is 2. The third-order valence-corrected chi connectivity index (χ3v) is 4.98. The Morgan fingerprint density at radius 1 is 0.923 bits per heavy atom. The second-order valence-electron chi connectivity index (χ2n) is 6.49. The first-order valence-electron chi connectivity index (χ1n) is 8.89. The highest BCUT2D eigenvalue weighted by Gasteiger charge is 2.34. The predicted octanol–water partition coefficient (Wildman–Crippen LogP) is 1.92. The zero-order chi connectivity index (χ0) is 18.1. The zero-order valence-electron chi connectivity index (χ0n) is 15.0. The van der Waals surface area contributed by atoms with Gasteiger partial charge in [-0.1, -0.05) is 0 Å². The molecule has 0 N–H and O–H groups in total. The van der Waals surface area contributed by atoms with Gasteiger partial charge in [0.25, 0.3) is 0 Å². The van der Waals surface area contributed by atoms with Crippen LogP contribution in [0.4, 0.5) is 11.6 Å². The second kappa shape index (κ2) is 6.82. The number of rotatable bonds is 4. The number of carbonyl (C=O) groups excluding carboxylic acids is 1. The molecule has 2 aliphatic heterocycles. The lowest BCUT2D eigenvalue weighted by molar-refractivity contribution is -0.121. The molecule has 4 rings (SSSR count). The van der Waals surface area contributed by atoms with Crippen molar-refractivity contribution in [1.82, 2.24) is 9.97 Å². The quantitative estimate of drug-likeness (QED) is 0.831. The normalized spacial score (nSPS) is 18.1. The van der Waals surface area contributed by atoms with Crippen molar-refractivity contribution >= 4 is 17.4 Å². The number of ether oxygens (including phenoxy) is 2. The molecule has 0 fully saturated rings. The lowest BCUT2D eigenvalue weighted by Crippen LogP contribution is -2.53. The first-order chi connectivity index (χ1) is 12.7. The molecule has 0 radical (unpaired) electrons. The molecule has 7 nitrogen and oxygen atoms in total. The predicted molar refractivity (Wildman–Crippen MR) is 98.1 cm³/mol. The fourth-order valence-corrected chi connectivity index (χ4v) is 3.55. The zero-order valence-corrected chi connectivity index (χ0v) is 15.0. The second-order valence-corrected chi connectivity index (χ2v) is 6.49. The number of nitrogens with zero attached hydrogens (tertiary/aromatic N) is 4. The van der Waals surface area contributed by atoms with Crippen LogP contribution in [0.25, 0.3) is 0 Å². The van der Waals surface area contributed by atoms with Gasteiger partial charge in [-0.2, -0.15) is 0 Å². The minimum Gasteiger partial charge on any atom is -0.488 e. The molecule has 0 aliphatic carbocycles. The van der Waals surface area contributed by atoms with E-state index in [0.717, 1.165) is 23.1 Å². The minimum absolute atomic E-state index is 0.127. The number of hydrogen-bond donors (Lipinski definition) is 0. The van der Waals surface area contributed by atoms with Gasteiger partial charge < -0.3 is 19.3 Å². The SMILES string of the molecule is CC(C(=O)C(C)N1CCOc2cccnc21)N1CCOc2cccnc21. The average Bonchev–Trinajstić information content (AvgIpc) is 2.71. The third kappa shape index (κ3) is 2.83. The van der Waals surface area contributed by atoms with E-state index in [1.165, 1.54) is 0 Å². The summed E-state index contributed by atoms with van der Waals surface area (Å²) >= 11 is 0. The van der Waals surface area contributed by atoms with Crippen LogP contribution in [0.3, 0.4) is 0 Å². The molecule has 26 heavy (non-hydrogen) atoms. The van der Waals surface area contributed by atoms with Gasteiger partial charge in [0.05, 0.1) is 25.2 Å². The molecule has 0 saturated carbocycles. The fourth-order valence-electron chi connectivity index (χ4n) is 3.55. The topological polar surface area (TPSA) is 67.8 Å². The van der Waals surface area contributed by atoms with Gasteiger partial charge in [-0.3, -0.25) is 4.79 Å². The monoisotopic (exact) mass is 354 g/mol. The highest BCUT2D eigenvalue weighted by atomic mass is 16.5. The largest absolute Gasteiger partial charge is 0.488 e. The molecule has 2 aromatic rings. The van der Waals surface area contributed by atoms with Crippen LogP contribution in [0.2, 0.25) is 0 Å². The van der Waals surface area contributed by atoms with Gasteiger partial charge in [-0.25, -0.2) is 9.97 Å². The number of ketones is 1.